The van der Waals surface area contributed by atoms with Crippen molar-refractivity contribution in [2.45, 2.75) is 71.0 Å². The summed E-state index contributed by atoms with van der Waals surface area (Å²) in [5.41, 5.74) is 0. The Morgan fingerprint density at radius 2 is 1.95 bits per heavy atom. The van der Waals surface area contributed by atoms with Gasteiger partial charge >= 0.3 is 0 Å². The van der Waals surface area contributed by atoms with E-state index in [9.17, 15) is 0 Å². The van der Waals surface area contributed by atoms with Gasteiger partial charge in [-0.2, -0.15) is 0 Å². The van der Waals surface area contributed by atoms with Crippen LogP contribution in [0.15, 0.2) is 16.5 Å². The van der Waals surface area contributed by atoms with Gasteiger partial charge < -0.3 is 9.73 Å². The maximum atomic E-state index is 6.01. The summed E-state index contributed by atoms with van der Waals surface area (Å²) in [6, 6.07) is 5.13. The molecule has 21 heavy (non-hydrogen) atoms. The molecule has 118 valence electrons. The Bertz CT molecular complexity index is 427. The summed E-state index contributed by atoms with van der Waals surface area (Å²) in [5.74, 6) is 3.18. The molecule has 3 rings (SSSR count). The molecule has 1 aliphatic heterocycles. The van der Waals surface area contributed by atoms with Crippen molar-refractivity contribution < 1.29 is 4.42 Å². The molecule has 3 nitrogen and oxygen atoms in total. The van der Waals surface area contributed by atoms with Crippen LogP contribution in [0.25, 0.3) is 0 Å². The van der Waals surface area contributed by atoms with E-state index in [-0.39, 0.29) is 0 Å². The minimum Gasteiger partial charge on any atom is -0.463 e. The number of piperidine rings is 1. The summed E-state index contributed by atoms with van der Waals surface area (Å²) in [6.07, 6.45) is 9.70. The smallest absolute Gasteiger partial charge is 0.118 e. The molecule has 1 aromatic heterocycles. The van der Waals surface area contributed by atoms with E-state index in [1.165, 1.54) is 51.5 Å². The average Bonchev–Trinajstić information content (AvgIpc) is 2.96. The van der Waals surface area contributed by atoms with Crippen molar-refractivity contribution >= 4 is 0 Å². The van der Waals surface area contributed by atoms with Crippen molar-refractivity contribution in [3.8, 4) is 0 Å². The van der Waals surface area contributed by atoms with E-state index in [1.807, 2.05) is 0 Å². The Balaban J connectivity index is 1.55. The Hall–Kier alpha value is -0.800. The molecule has 0 spiro atoms. The summed E-state index contributed by atoms with van der Waals surface area (Å²) >= 11 is 0. The van der Waals surface area contributed by atoms with Crippen LogP contribution in [0.4, 0.5) is 0 Å². The fourth-order valence-corrected chi connectivity index (χ4v) is 4.12. The molecular weight excluding hydrogens is 260 g/mol. The zero-order chi connectivity index (χ0) is 14.5. The minimum atomic E-state index is 0.819. The van der Waals surface area contributed by atoms with Gasteiger partial charge in [0.25, 0.3) is 0 Å². The van der Waals surface area contributed by atoms with E-state index in [2.05, 4.69) is 29.3 Å². The highest BCUT2D eigenvalue weighted by atomic mass is 16.3. The lowest BCUT2D eigenvalue weighted by Crippen LogP contribution is -2.46. The van der Waals surface area contributed by atoms with Gasteiger partial charge in [0.05, 0.1) is 13.1 Å². The number of nitrogens with zero attached hydrogens (tertiary/aromatic N) is 1. The largest absolute Gasteiger partial charge is 0.463 e. The van der Waals surface area contributed by atoms with Crippen LogP contribution < -0.4 is 5.32 Å². The number of rotatable bonds is 6. The molecule has 2 heterocycles. The molecule has 0 radical (unpaired) electrons. The van der Waals surface area contributed by atoms with Crippen LogP contribution in [-0.4, -0.2) is 24.0 Å². The summed E-state index contributed by atoms with van der Waals surface area (Å²) < 4.78 is 6.01. The van der Waals surface area contributed by atoms with Crippen LogP contribution >= 0.6 is 0 Å². The van der Waals surface area contributed by atoms with Crippen molar-refractivity contribution in [2.24, 2.45) is 5.92 Å². The summed E-state index contributed by atoms with van der Waals surface area (Å²) in [4.78, 5) is 2.69. The highest BCUT2D eigenvalue weighted by molar-refractivity contribution is 5.07. The van der Waals surface area contributed by atoms with Gasteiger partial charge in [-0.3, -0.25) is 4.90 Å². The third-order valence-corrected chi connectivity index (χ3v) is 5.16. The first kappa shape index (κ1) is 15.1. The van der Waals surface area contributed by atoms with E-state index in [1.54, 1.807) is 0 Å². The molecule has 1 aliphatic carbocycles. The van der Waals surface area contributed by atoms with Crippen molar-refractivity contribution in [1.82, 2.24) is 10.2 Å². The topological polar surface area (TPSA) is 28.4 Å². The zero-order valence-corrected chi connectivity index (χ0v) is 13.4. The normalized spacial score (nSPS) is 26.7. The molecule has 1 aromatic rings. The monoisotopic (exact) mass is 290 g/mol. The standard InChI is InChI=1S/C18H30N2O/c1-2-11-19-13-16-9-10-17(21-16)14-20-12-5-7-15-6-3-4-8-18(15)20/h9-10,15,18-19H,2-8,11-14H2,1H3/t15-,18-/m1/s1. The number of fused-ring (bicyclic) bond motifs is 1. The Morgan fingerprint density at radius 1 is 1.14 bits per heavy atom. The summed E-state index contributed by atoms with van der Waals surface area (Å²) in [7, 11) is 0. The van der Waals surface area contributed by atoms with Crippen LogP contribution in [0, 0.1) is 5.92 Å². The average molecular weight is 290 g/mol. The molecule has 2 fully saturated rings. The Morgan fingerprint density at radius 3 is 2.86 bits per heavy atom. The number of nitrogens with one attached hydrogen (secondary N) is 1. The molecule has 2 aliphatic rings. The molecule has 0 aromatic carbocycles. The number of likely N-dealkylation sites (tertiary alicyclic amines) is 1. The number of hydrogen-bond donors (Lipinski definition) is 1. The summed E-state index contributed by atoms with van der Waals surface area (Å²) in [5, 5.41) is 3.41. The second-order valence-corrected chi connectivity index (χ2v) is 6.77. The van der Waals surface area contributed by atoms with Crippen molar-refractivity contribution in [3.05, 3.63) is 23.7 Å². The SMILES string of the molecule is CCCNCc1ccc(CN2CCC[C@H]3CCCC[C@H]32)o1. The van der Waals surface area contributed by atoms with E-state index in [0.717, 1.165) is 43.1 Å². The zero-order valence-electron chi connectivity index (χ0n) is 13.4. The first-order valence-electron chi connectivity index (χ1n) is 8.89. The van der Waals surface area contributed by atoms with Crippen molar-refractivity contribution in [2.75, 3.05) is 13.1 Å². The maximum absolute atomic E-state index is 6.01. The van der Waals surface area contributed by atoms with Gasteiger partial charge in [0.15, 0.2) is 0 Å². The van der Waals surface area contributed by atoms with E-state index >= 15 is 0 Å². The van der Waals surface area contributed by atoms with E-state index < -0.39 is 0 Å². The highest BCUT2D eigenvalue weighted by Gasteiger charge is 2.33. The molecular formula is C18H30N2O. The van der Waals surface area contributed by atoms with Crippen LogP contribution in [-0.2, 0) is 13.1 Å². The molecule has 0 unspecified atom stereocenters. The maximum Gasteiger partial charge on any atom is 0.118 e. The molecule has 0 amide bonds. The third kappa shape index (κ3) is 3.89. The summed E-state index contributed by atoms with van der Waals surface area (Å²) in [6.45, 7) is 6.38. The Kier molecular flexibility index (Phi) is 5.37. The van der Waals surface area contributed by atoms with Gasteiger partial charge in [-0.15, -0.1) is 0 Å². The van der Waals surface area contributed by atoms with Crippen LogP contribution in [0.5, 0.6) is 0 Å². The lowest BCUT2D eigenvalue weighted by Gasteiger charge is -2.43. The fraction of sp³-hybridized carbons (Fsp3) is 0.778. The van der Waals surface area contributed by atoms with Crippen LogP contribution in [0.2, 0.25) is 0 Å². The molecule has 0 bridgehead atoms. The Labute approximate surface area is 129 Å². The van der Waals surface area contributed by atoms with Crippen LogP contribution in [0.1, 0.15) is 63.4 Å². The minimum absolute atomic E-state index is 0.819. The molecule has 1 saturated heterocycles. The molecule has 2 atom stereocenters. The molecule has 3 heteroatoms. The van der Waals surface area contributed by atoms with Gasteiger partial charge in [-0.05, 0) is 63.2 Å². The van der Waals surface area contributed by atoms with E-state index in [0.29, 0.717) is 0 Å². The fourth-order valence-electron chi connectivity index (χ4n) is 4.12. The molecule has 1 N–H and O–H groups in total. The van der Waals surface area contributed by atoms with Gasteiger partial charge in [0.1, 0.15) is 11.5 Å². The molecule has 1 saturated carbocycles. The predicted molar refractivity (Wildman–Crippen MR) is 86.1 cm³/mol. The van der Waals surface area contributed by atoms with Gasteiger partial charge in [0.2, 0.25) is 0 Å². The second kappa shape index (κ2) is 7.46. The number of furan rings is 1. The quantitative estimate of drug-likeness (QED) is 0.805. The van der Waals surface area contributed by atoms with Crippen molar-refractivity contribution in [3.63, 3.8) is 0 Å². The highest BCUT2D eigenvalue weighted by Crippen LogP contribution is 2.36. The van der Waals surface area contributed by atoms with Crippen molar-refractivity contribution in [1.29, 1.82) is 0 Å². The lowest BCUT2D eigenvalue weighted by atomic mass is 9.78. The third-order valence-electron chi connectivity index (χ3n) is 5.16. The van der Waals surface area contributed by atoms with Gasteiger partial charge in [0, 0.05) is 6.04 Å². The predicted octanol–water partition coefficient (Wildman–Crippen LogP) is 3.93. The van der Waals surface area contributed by atoms with Gasteiger partial charge in [-0.25, -0.2) is 0 Å². The van der Waals surface area contributed by atoms with Crippen LogP contribution in [0.3, 0.4) is 0 Å². The van der Waals surface area contributed by atoms with E-state index in [4.69, 9.17) is 4.42 Å². The lowest BCUT2D eigenvalue weighted by molar-refractivity contribution is 0.0492. The number of hydrogen-bond acceptors (Lipinski definition) is 3. The van der Waals surface area contributed by atoms with Gasteiger partial charge in [-0.1, -0.05) is 19.8 Å². The second-order valence-electron chi connectivity index (χ2n) is 6.77. The first-order chi connectivity index (χ1) is 10.4. The first-order valence-corrected chi connectivity index (χ1v) is 8.89.